The average molecular weight is 346 g/mol. The van der Waals surface area contributed by atoms with Gasteiger partial charge in [-0.1, -0.05) is 23.7 Å². The third kappa shape index (κ3) is 4.59. The lowest BCUT2D eigenvalue weighted by Crippen LogP contribution is -2.33. The van der Waals surface area contributed by atoms with Gasteiger partial charge >= 0.3 is 0 Å². The molecule has 2 rings (SSSR count). The van der Waals surface area contributed by atoms with Crippen molar-refractivity contribution in [2.75, 3.05) is 13.7 Å². The van der Waals surface area contributed by atoms with E-state index in [4.69, 9.17) is 16.3 Å². The SMILES string of the molecule is CC(=O)c1ccc(OCC(=O)N(C)C(C)c2cccc(Cl)c2)cc1. The Bertz CT molecular complexity index is 728. The van der Waals surface area contributed by atoms with Crippen LogP contribution in [0.15, 0.2) is 48.5 Å². The van der Waals surface area contributed by atoms with Crippen molar-refractivity contribution in [1.29, 1.82) is 0 Å². The van der Waals surface area contributed by atoms with Crippen LogP contribution in [0.1, 0.15) is 35.8 Å². The maximum Gasteiger partial charge on any atom is 0.260 e. The molecular weight excluding hydrogens is 326 g/mol. The molecule has 0 bridgehead atoms. The molecule has 0 aliphatic rings. The first kappa shape index (κ1) is 18.0. The molecular formula is C19H20ClNO3. The minimum atomic E-state index is -0.141. The molecule has 24 heavy (non-hydrogen) atoms. The Morgan fingerprint density at radius 3 is 2.42 bits per heavy atom. The highest BCUT2D eigenvalue weighted by atomic mass is 35.5. The van der Waals surface area contributed by atoms with Gasteiger partial charge in [0.05, 0.1) is 6.04 Å². The van der Waals surface area contributed by atoms with Gasteiger partial charge in [-0.25, -0.2) is 0 Å². The second kappa shape index (κ2) is 7.97. The van der Waals surface area contributed by atoms with Gasteiger partial charge in [0, 0.05) is 17.6 Å². The maximum atomic E-state index is 12.3. The Hall–Kier alpha value is -2.33. The molecule has 0 aliphatic heterocycles. The van der Waals surface area contributed by atoms with Crippen molar-refractivity contribution in [3.05, 3.63) is 64.7 Å². The molecule has 2 aromatic carbocycles. The van der Waals surface area contributed by atoms with E-state index >= 15 is 0 Å². The molecule has 0 saturated heterocycles. The number of ketones is 1. The van der Waals surface area contributed by atoms with E-state index in [2.05, 4.69) is 0 Å². The van der Waals surface area contributed by atoms with Crippen LogP contribution in [0.25, 0.3) is 0 Å². The molecule has 0 radical (unpaired) electrons. The molecule has 5 heteroatoms. The first-order chi connectivity index (χ1) is 11.4. The fourth-order valence-electron chi connectivity index (χ4n) is 2.24. The van der Waals surface area contributed by atoms with Crippen molar-refractivity contribution in [2.45, 2.75) is 19.9 Å². The van der Waals surface area contributed by atoms with Gasteiger partial charge in [-0.05, 0) is 55.8 Å². The smallest absolute Gasteiger partial charge is 0.260 e. The summed E-state index contributed by atoms with van der Waals surface area (Å²) in [6.07, 6.45) is 0. The fourth-order valence-corrected chi connectivity index (χ4v) is 2.44. The zero-order chi connectivity index (χ0) is 17.7. The number of amides is 1. The van der Waals surface area contributed by atoms with Gasteiger partial charge in [0.15, 0.2) is 12.4 Å². The van der Waals surface area contributed by atoms with Crippen molar-refractivity contribution in [1.82, 2.24) is 4.90 Å². The van der Waals surface area contributed by atoms with Crippen molar-refractivity contribution < 1.29 is 14.3 Å². The molecule has 0 heterocycles. The monoisotopic (exact) mass is 345 g/mol. The molecule has 0 fully saturated rings. The van der Waals surface area contributed by atoms with Crippen LogP contribution in [0.5, 0.6) is 5.75 Å². The summed E-state index contributed by atoms with van der Waals surface area (Å²) in [5.74, 6) is 0.406. The number of carbonyl (C=O) groups excluding carboxylic acids is 2. The summed E-state index contributed by atoms with van der Waals surface area (Å²) in [6.45, 7) is 3.37. The number of halogens is 1. The molecule has 1 atom stereocenters. The van der Waals surface area contributed by atoms with E-state index in [1.54, 1.807) is 42.3 Å². The topological polar surface area (TPSA) is 46.6 Å². The van der Waals surface area contributed by atoms with Crippen LogP contribution in [-0.4, -0.2) is 30.2 Å². The quantitative estimate of drug-likeness (QED) is 0.739. The third-order valence-corrected chi connectivity index (χ3v) is 4.16. The van der Waals surface area contributed by atoms with Gasteiger partial charge in [0.2, 0.25) is 0 Å². The molecule has 126 valence electrons. The van der Waals surface area contributed by atoms with Crippen LogP contribution < -0.4 is 4.74 Å². The van der Waals surface area contributed by atoms with Gasteiger partial charge in [0.1, 0.15) is 5.75 Å². The number of hydrogen-bond donors (Lipinski definition) is 0. The zero-order valence-electron chi connectivity index (χ0n) is 14.0. The number of rotatable bonds is 6. The number of nitrogens with zero attached hydrogens (tertiary/aromatic N) is 1. The number of Topliss-reactive ketones (excluding diaryl/α,β-unsaturated/α-hetero) is 1. The van der Waals surface area contributed by atoms with Gasteiger partial charge < -0.3 is 9.64 Å². The zero-order valence-corrected chi connectivity index (χ0v) is 14.7. The first-order valence-electron chi connectivity index (χ1n) is 7.63. The van der Waals surface area contributed by atoms with Crippen molar-refractivity contribution in [2.24, 2.45) is 0 Å². The Morgan fingerprint density at radius 1 is 1.17 bits per heavy atom. The highest BCUT2D eigenvalue weighted by Gasteiger charge is 2.18. The van der Waals surface area contributed by atoms with Gasteiger partial charge in [-0.2, -0.15) is 0 Å². The lowest BCUT2D eigenvalue weighted by Gasteiger charge is -2.25. The molecule has 1 amide bonds. The molecule has 0 aliphatic carbocycles. The number of benzene rings is 2. The second-order valence-electron chi connectivity index (χ2n) is 5.60. The fraction of sp³-hybridized carbons (Fsp3) is 0.263. The summed E-state index contributed by atoms with van der Waals surface area (Å²) in [7, 11) is 1.73. The molecule has 0 spiro atoms. The standard InChI is InChI=1S/C19H20ClNO3/c1-13(16-5-4-6-17(20)11-16)21(3)19(23)12-24-18-9-7-15(8-10-18)14(2)22/h4-11,13H,12H2,1-3H3. The maximum absolute atomic E-state index is 12.3. The Labute approximate surface area is 147 Å². The van der Waals surface area contributed by atoms with Crippen LogP contribution in [0.2, 0.25) is 5.02 Å². The number of likely N-dealkylation sites (N-methyl/N-ethyl adjacent to an activating group) is 1. The van der Waals surface area contributed by atoms with E-state index in [1.807, 2.05) is 25.1 Å². The molecule has 0 N–H and O–H groups in total. The van der Waals surface area contributed by atoms with E-state index < -0.39 is 0 Å². The molecule has 0 saturated carbocycles. The summed E-state index contributed by atoms with van der Waals surface area (Å²) in [6, 6.07) is 14.1. The normalized spacial score (nSPS) is 11.7. The van der Waals surface area contributed by atoms with Gasteiger partial charge in [-0.3, -0.25) is 9.59 Å². The van der Waals surface area contributed by atoms with Crippen LogP contribution in [0.3, 0.4) is 0 Å². The Kier molecular flexibility index (Phi) is 5.99. The van der Waals surface area contributed by atoms with Crippen LogP contribution in [0.4, 0.5) is 0 Å². The Morgan fingerprint density at radius 2 is 1.83 bits per heavy atom. The average Bonchev–Trinajstić information content (AvgIpc) is 2.58. The lowest BCUT2D eigenvalue weighted by molar-refractivity contribution is -0.134. The van der Waals surface area contributed by atoms with E-state index in [9.17, 15) is 9.59 Å². The van der Waals surface area contributed by atoms with Crippen molar-refractivity contribution in [3.8, 4) is 5.75 Å². The number of hydrogen-bond acceptors (Lipinski definition) is 3. The van der Waals surface area contributed by atoms with Crippen LogP contribution in [0, 0.1) is 0 Å². The number of carbonyl (C=O) groups is 2. The lowest BCUT2D eigenvalue weighted by atomic mass is 10.1. The van der Waals surface area contributed by atoms with Crippen molar-refractivity contribution >= 4 is 23.3 Å². The largest absolute Gasteiger partial charge is 0.484 e. The summed E-state index contributed by atoms with van der Waals surface area (Å²) >= 11 is 6.00. The van der Waals surface area contributed by atoms with E-state index in [-0.39, 0.29) is 24.3 Å². The summed E-state index contributed by atoms with van der Waals surface area (Å²) in [5, 5.41) is 0.641. The van der Waals surface area contributed by atoms with Crippen molar-refractivity contribution in [3.63, 3.8) is 0 Å². The summed E-state index contributed by atoms with van der Waals surface area (Å²) < 4.78 is 5.50. The highest BCUT2D eigenvalue weighted by molar-refractivity contribution is 6.30. The van der Waals surface area contributed by atoms with Gasteiger partial charge in [-0.15, -0.1) is 0 Å². The highest BCUT2D eigenvalue weighted by Crippen LogP contribution is 2.22. The number of ether oxygens (including phenoxy) is 1. The van der Waals surface area contributed by atoms with Crippen LogP contribution >= 0.6 is 11.6 Å². The molecule has 1 unspecified atom stereocenters. The second-order valence-corrected chi connectivity index (χ2v) is 6.04. The first-order valence-corrected chi connectivity index (χ1v) is 8.01. The summed E-state index contributed by atoms with van der Waals surface area (Å²) in [5.41, 5.74) is 1.57. The van der Waals surface area contributed by atoms with E-state index in [0.717, 1.165) is 5.56 Å². The molecule has 2 aromatic rings. The molecule has 0 aromatic heterocycles. The minimum absolute atomic E-state index is 0.00675. The minimum Gasteiger partial charge on any atom is -0.484 e. The third-order valence-electron chi connectivity index (χ3n) is 3.93. The molecule has 4 nitrogen and oxygen atoms in total. The summed E-state index contributed by atoms with van der Waals surface area (Å²) in [4.78, 5) is 25.2. The predicted molar refractivity (Wildman–Crippen MR) is 94.6 cm³/mol. The van der Waals surface area contributed by atoms with Gasteiger partial charge in [0.25, 0.3) is 5.91 Å². The van der Waals surface area contributed by atoms with Crippen LogP contribution in [-0.2, 0) is 4.79 Å². The Balaban J connectivity index is 1.95. The predicted octanol–water partition coefficient (Wildman–Crippen LogP) is 4.14. The van der Waals surface area contributed by atoms with E-state index in [0.29, 0.717) is 16.3 Å². The van der Waals surface area contributed by atoms with E-state index in [1.165, 1.54) is 6.92 Å².